The van der Waals surface area contributed by atoms with E-state index in [2.05, 4.69) is 12.1 Å². The van der Waals surface area contributed by atoms with Crippen molar-refractivity contribution in [2.45, 2.75) is 11.8 Å². The number of benzene rings is 2. The Balaban J connectivity index is 1.73. The number of fused-ring (bicyclic) bond motifs is 8. The van der Waals surface area contributed by atoms with E-state index in [1.54, 1.807) is 9.80 Å². The summed E-state index contributed by atoms with van der Waals surface area (Å²) in [5.74, 6) is -0.124. The van der Waals surface area contributed by atoms with Gasteiger partial charge < -0.3 is 9.80 Å². The van der Waals surface area contributed by atoms with Crippen molar-refractivity contribution in [3.63, 3.8) is 0 Å². The highest BCUT2D eigenvalue weighted by Gasteiger charge is 2.63. The van der Waals surface area contributed by atoms with Crippen molar-refractivity contribution in [2.75, 3.05) is 23.9 Å². The lowest BCUT2D eigenvalue weighted by molar-refractivity contribution is -0.142. The van der Waals surface area contributed by atoms with Crippen LogP contribution in [0.5, 0.6) is 0 Å². The molecule has 2 heterocycles. The van der Waals surface area contributed by atoms with Crippen LogP contribution in [0.1, 0.15) is 23.0 Å². The monoisotopic (exact) mass is 318 g/mol. The fraction of sp³-hybridized carbons (Fsp3) is 0.300. The van der Waals surface area contributed by atoms with Gasteiger partial charge in [-0.2, -0.15) is 0 Å². The zero-order valence-corrected chi connectivity index (χ0v) is 13.6. The predicted octanol–water partition coefficient (Wildman–Crippen LogP) is 2.75. The molecule has 2 amide bonds. The maximum absolute atomic E-state index is 12.9. The van der Waals surface area contributed by atoms with E-state index in [0.29, 0.717) is 0 Å². The molecule has 2 aliphatic heterocycles. The van der Waals surface area contributed by atoms with Crippen molar-refractivity contribution in [1.82, 2.24) is 0 Å². The number of carbonyl (C=O) groups is 2. The summed E-state index contributed by atoms with van der Waals surface area (Å²) in [5.41, 5.74) is 4.34. The van der Waals surface area contributed by atoms with Gasteiger partial charge in [0.1, 0.15) is 0 Å². The van der Waals surface area contributed by atoms with Crippen molar-refractivity contribution in [3.05, 3.63) is 59.7 Å². The van der Waals surface area contributed by atoms with Gasteiger partial charge in [0.2, 0.25) is 11.8 Å². The van der Waals surface area contributed by atoms with Crippen LogP contribution in [0, 0.1) is 11.8 Å². The quantitative estimate of drug-likeness (QED) is 0.749. The van der Waals surface area contributed by atoms with Gasteiger partial charge in [-0.05, 0) is 23.3 Å². The molecule has 24 heavy (non-hydrogen) atoms. The smallest absolute Gasteiger partial charge is 0.231 e. The summed E-state index contributed by atoms with van der Waals surface area (Å²) in [7, 11) is 3.63. The molecule has 1 saturated carbocycles. The molecule has 3 aliphatic rings. The van der Waals surface area contributed by atoms with Crippen LogP contribution in [0.2, 0.25) is 0 Å². The van der Waals surface area contributed by atoms with Gasteiger partial charge in [0.25, 0.3) is 0 Å². The predicted molar refractivity (Wildman–Crippen MR) is 92.2 cm³/mol. The molecule has 0 radical (unpaired) electrons. The Morgan fingerprint density at radius 2 is 1.00 bits per heavy atom. The molecule has 0 bridgehead atoms. The summed E-state index contributed by atoms with van der Waals surface area (Å²) in [6, 6.07) is 16.2. The fourth-order valence-electron chi connectivity index (χ4n) is 4.97. The summed E-state index contributed by atoms with van der Waals surface area (Å²) >= 11 is 0. The number of anilines is 2. The third kappa shape index (κ3) is 1.44. The van der Waals surface area contributed by atoms with Crippen LogP contribution in [0.4, 0.5) is 11.4 Å². The molecular weight excluding hydrogens is 300 g/mol. The van der Waals surface area contributed by atoms with Gasteiger partial charge in [0, 0.05) is 37.3 Å². The molecule has 0 aromatic heterocycles. The van der Waals surface area contributed by atoms with E-state index in [0.717, 1.165) is 11.4 Å². The summed E-state index contributed by atoms with van der Waals surface area (Å²) in [5, 5.41) is 0. The lowest BCUT2D eigenvalue weighted by Crippen LogP contribution is -2.61. The van der Waals surface area contributed by atoms with Crippen molar-refractivity contribution >= 4 is 23.2 Å². The average Bonchev–Trinajstić information content (AvgIpc) is 2.58. The molecule has 1 fully saturated rings. The molecule has 0 spiro atoms. The number of hydrogen-bond acceptors (Lipinski definition) is 2. The van der Waals surface area contributed by atoms with E-state index in [9.17, 15) is 9.59 Å². The lowest BCUT2D eigenvalue weighted by atomic mass is 9.49. The largest absolute Gasteiger partial charge is 0.315 e. The number of nitrogens with zero attached hydrogens (tertiary/aromatic N) is 2. The van der Waals surface area contributed by atoms with Gasteiger partial charge >= 0.3 is 0 Å². The van der Waals surface area contributed by atoms with E-state index in [1.165, 1.54) is 11.1 Å². The van der Waals surface area contributed by atoms with Gasteiger partial charge in [-0.3, -0.25) is 9.59 Å². The van der Waals surface area contributed by atoms with Crippen molar-refractivity contribution in [3.8, 4) is 0 Å². The van der Waals surface area contributed by atoms with Crippen molar-refractivity contribution < 1.29 is 9.59 Å². The van der Waals surface area contributed by atoms with Crippen LogP contribution in [0.15, 0.2) is 48.5 Å². The molecule has 1 aliphatic carbocycles. The van der Waals surface area contributed by atoms with Crippen LogP contribution in [-0.4, -0.2) is 25.9 Å². The molecule has 2 aromatic carbocycles. The van der Waals surface area contributed by atoms with E-state index >= 15 is 0 Å². The number of carbonyl (C=O) groups excluding carboxylic acids is 2. The normalized spacial score (nSPS) is 30.1. The minimum absolute atomic E-state index is 0.0704. The second-order valence-electron chi connectivity index (χ2n) is 7.02. The molecule has 0 saturated heterocycles. The highest BCUT2D eigenvalue weighted by Crippen LogP contribution is 2.65. The Hall–Kier alpha value is -2.62. The second kappa shape index (κ2) is 4.47. The Bertz CT molecular complexity index is 817. The van der Waals surface area contributed by atoms with Crippen LogP contribution in [0.25, 0.3) is 0 Å². The van der Waals surface area contributed by atoms with Crippen LogP contribution < -0.4 is 9.80 Å². The van der Waals surface area contributed by atoms with Gasteiger partial charge in [0.05, 0.1) is 11.8 Å². The van der Waals surface area contributed by atoms with Crippen LogP contribution in [0.3, 0.4) is 0 Å². The van der Waals surface area contributed by atoms with Crippen LogP contribution in [-0.2, 0) is 9.59 Å². The molecule has 2 aromatic rings. The van der Waals surface area contributed by atoms with E-state index in [-0.39, 0.29) is 35.5 Å². The molecule has 120 valence electrons. The van der Waals surface area contributed by atoms with Crippen molar-refractivity contribution in [2.24, 2.45) is 11.8 Å². The molecule has 4 nitrogen and oxygen atoms in total. The Morgan fingerprint density at radius 1 is 0.625 bits per heavy atom. The standard InChI is InChI=1S/C20H18N2O2/c1-21-13-9-5-3-7-11(13)15-16-12-8-4-6-10-14(12)22(2)20(24)18(16)17(15)19(21)23/h3-10,15-18H,1-2H3. The summed E-state index contributed by atoms with van der Waals surface area (Å²) in [4.78, 5) is 29.3. The first-order valence-electron chi connectivity index (χ1n) is 8.34. The third-order valence-corrected chi connectivity index (χ3v) is 6.09. The first-order valence-corrected chi connectivity index (χ1v) is 8.34. The van der Waals surface area contributed by atoms with E-state index in [4.69, 9.17) is 0 Å². The molecule has 4 heteroatoms. The van der Waals surface area contributed by atoms with Crippen molar-refractivity contribution in [1.29, 1.82) is 0 Å². The van der Waals surface area contributed by atoms with Gasteiger partial charge in [-0.25, -0.2) is 0 Å². The Labute approximate surface area is 140 Å². The highest BCUT2D eigenvalue weighted by atomic mass is 16.2. The van der Waals surface area contributed by atoms with Gasteiger partial charge in [0.15, 0.2) is 0 Å². The number of rotatable bonds is 0. The first-order chi connectivity index (χ1) is 11.6. The summed E-state index contributed by atoms with van der Waals surface area (Å²) < 4.78 is 0. The minimum Gasteiger partial charge on any atom is -0.315 e. The van der Waals surface area contributed by atoms with Gasteiger partial charge in [-0.15, -0.1) is 0 Å². The summed E-state index contributed by atoms with van der Waals surface area (Å²) in [6.45, 7) is 0. The SMILES string of the molecule is CN1C(=O)C2C3C(=O)N(C)c4ccccc4C3C2c2ccccc21. The molecule has 0 N–H and O–H groups in total. The maximum atomic E-state index is 12.9. The fourth-order valence-corrected chi connectivity index (χ4v) is 4.97. The molecule has 4 unspecified atom stereocenters. The Kier molecular flexibility index (Phi) is 2.57. The number of amides is 2. The molecule has 4 atom stereocenters. The lowest BCUT2D eigenvalue weighted by Gasteiger charge is -2.58. The molecular formula is C20H18N2O2. The second-order valence-corrected chi connectivity index (χ2v) is 7.02. The Morgan fingerprint density at radius 3 is 1.42 bits per heavy atom. The maximum Gasteiger partial charge on any atom is 0.231 e. The number of para-hydroxylation sites is 2. The van der Waals surface area contributed by atoms with E-state index < -0.39 is 0 Å². The molecule has 5 rings (SSSR count). The van der Waals surface area contributed by atoms with Gasteiger partial charge in [-0.1, -0.05) is 36.4 Å². The van der Waals surface area contributed by atoms with Crippen LogP contribution >= 0.6 is 0 Å². The highest BCUT2D eigenvalue weighted by molar-refractivity contribution is 6.08. The average molecular weight is 318 g/mol. The number of hydrogen-bond donors (Lipinski definition) is 0. The third-order valence-electron chi connectivity index (χ3n) is 6.09. The zero-order chi connectivity index (χ0) is 16.6. The van der Waals surface area contributed by atoms with E-state index in [1.807, 2.05) is 50.5 Å². The first kappa shape index (κ1) is 13.8. The topological polar surface area (TPSA) is 40.6 Å². The summed E-state index contributed by atoms with van der Waals surface area (Å²) in [6.07, 6.45) is 0. The zero-order valence-electron chi connectivity index (χ0n) is 13.6. The minimum atomic E-state index is -0.238.